The Labute approximate surface area is 153 Å². The molecule has 4 nitrogen and oxygen atoms in total. The Morgan fingerprint density at radius 1 is 0.920 bits per heavy atom. The van der Waals surface area contributed by atoms with Crippen LogP contribution in [0, 0.1) is 5.92 Å². The highest BCUT2D eigenvalue weighted by Gasteiger charge is 2.07. The Morgan fingerprint density at radius 3 is 1.92 bits per heavy atom. The second-order valence-corrected chi connectivity index (χ2v) is 7.47. The van der Waals surface area contributed by atoms with Gasteiger partial charge in [-0.1, -0.05) is 84.5 Å². The van der Waals surface area contributed by atoms with E-state index in [0.29, 0.717) is 5.88 Å². The molecule has 0 atom stereocenters. The van der Waals surface area contributed by atoms with E-state index in [9.17, 15) is 4.79 Å². The average Bonchev–Trinajstić information content (AvgIpc) is 3.04. The van der Waals surface area contributed by atoms with Gasteiger partial charge in [-0.25, -0.2) is 4.79 Å². The minimum Gasteiger partial charge on any atom is -0.475 e. The van der Waals surface area contributed by atoms with E-state index in [-0.39, 0.29) is 5.76 Å². The molecule has 0 fully saturated rings. The summed E-state index contributed by atoms with van der Waals surface area (Å²) in [7, 11) is 0. The minimum atomic E-state index is -1.02. The zero-order valence-corrected chi connectivity index (χ0v) is 16.2. The second-order valence-electron chi connectivity index (χ2n) is 7.47. The van der Waals surface area contributed by atoms with Gasteiger partial charge in [0.15, 0.2) is 5.88 Å². The standard InChI is InChI=1S/C21H37NO3/c1-18(2)14-12-10-8-6-4-3-5-7-9-11-13-17-22-20-16-15-19(25-20)21(23)24/h15-16,18,22H,3-14,17H2,1-2H3,(H,23,24). The lowest BCUT2D eigenvalue weighted by atomic mass is 10.0. The zero-order valence-electron chi connectivity index (χ0n) is 16.2. The second kappa shape index (κ2) is 13.8. The summed E-state index contributed by atoms with van der Waals surface area (Å²) in [6.45, 7) is 5.45. The van der Waals surface area contributed by atoms with Crippen LogP contribution in [0.1, 0.15) is 101 Å². The first kappa shape index (κ1) is 21.6. The molecule has 0 aliphatic rings. The van der Waals surface area contributed by atoms with Crippen molar-refractivity contribution >= 4 is 11.9 Å². The first-order valence-electron chi connectivity index (χ1n) is 10.2. The highest BCUT2D eigenvalue weighted by Crippen LogP contribution is 2.15. The van der Waals surface area contributed by atoms with Crippen LogP contribution in [0.3, 0.4) is 0 Å². The van der Waals surface area contributed by atoms with Crippen LogP contribution in [-0.2, 0) is 0 Å². The van der Waals surface area contributed by atoms with Gasteiger partial charge in [-0.05, 0) is 18.4 Å². The molecule has 0 saturated heterocycles. The van der Waals surface area contributed by atoms with E-state index in [1.54, 1.807) is 6.07 Å². The van der Waals surface area contributed by atoms with Gasteiger partial charge in [-0.3, -0.25) is 0 Å². The molecule has 0 spiro atoms. The number of aromatic carboxylic acids is 1. The topological polar surface area (TPSA) is 62.5 Å². The van der Waals surface area contributed by atoms with Gasteiger partial charge in [0, 0.05) is 12.6 Å². The number of carboxylic acids is 1. The molecule has 1 heterocycles. The number of hydrogen-bond acceptors (Lipinski definition) is 3. The third kappa shape index (κ3) is 11.7. The smallest absolute Gasteiger partial charge is 0.371 e. The molecule has 25 heavy (non-hydrogen) atoms. The lowest BCUT2D eigenvalue weighted by Gasteiger charge is -2.05. The SMILES string of the molecule is CC(C)CCCCCCCCCCCCCNc1ccc(C(=O)O)o1. The van der Waals surface area contributed by atoms with Crippen molar-refractivity contribution in [2.75, 3.05) is 11.9 Å². The van der Waals surface area contributed by atoms with Crippen LogP contribution < -0.4 is 5.32 Å². The predicted octanol–water partition coefficient (Wildman–Crippen LogP) is 6.73. The number of furan rings is 1. The normalized spacial score (nSPS) is 11.2. The van der Waals surface area contributed by atoms with E-state index >= 15 is 0 Å². The van der Waals surface area contributed by atoms with Crippen LogP contribution >= 0.6 is 0 Å². The van der Waals surface area contributed by atoms with Gasteiger partial charge >= 0.3 is 5.97 Å². The summed E-state index contributed by atoms with van der Waals surface area (Å²) in [6.07, 6.45) is 16.1. The van der Waals surface area contributed by atoms with Crippen molar-refractivity contribution in [1.29, 1.82) is 0 Å². The van der Waals surface area contributed by atoms with Crippen molar-refractivity contribution in [2.24, 2.45) is 5.92 Å². The zero-order chi connectivity index (χ0) is 18.3. The maximum atomic E-state index is 10.7. The monoisotopic (exact) mass is 351 g/mol. The van der Waals surface area contributed by atoms with Crippen LogP contribution in [0.4, 0.5) is 5.88 Å². The van der Waals surface area contributed by atoms with Gasteiger partial charge in [0.2, 0.25) is 5.76 Å². The van der Waals surface area contributed by atoms with E-state index in [1.807, 2.05) is 0 Å². The van der Waals surface area contributed by atoms with Gasteiger partial charge in [-0.15, -0.1) is 0 Å². The number of carbonyl (C=O) groups is 1. The van der Waals surface area contributed by atoms with Gasteiger partial charge in [-0.2, -0.15) is 0 Å². The van der Waals surface area contributed by atoms with Gasteiger partial charge in [0.05, 0.1) is 0 Å². The summed E-state index contributed by atoms with van der Waals surface area (Å²) >= 11 is 0. The van der Waals surface area contributed by atoms with E-state index < -0.39 is 5.97 Å². The van der Waals surface area contributed by atoms with Crippen LogP contribution in [0.2, 0.25) is 0 Å². The summed E-state index contributed by atoms with van der Waals surface area (Å²) < 4.78 is 5.15. The minimum absolute atomic E-state index is 0.0116. The largest absolute Gasteiger partial charge is 0.475 e. The molecule has 0 unspecified atom stereocenters. The summed E-state index contributed by atoms with van der Waals surface area (Å²) in [6, 6.07) is 3.15. The van der Waals surface area contributed by atoms with Crippen molar-refractivity contribution in [3.05, 3.63) is 17.9 Å². The molecule has 1 aromatic heterocycles. The molecule has 1 aromatic rings. The molecular formula is C21H37NO3. The molecular weight excluding hydrogens is 314 g/mol. The Hall–Kier alpha value is -1.45. The third-order valence-electron chi connectivity index (χ3n) is 4.57. The molecule has 0 amide bonds. The van der Waals surface area contributed by atoms with Crippen molar-refractivity contribution in [3.8, 4) is 0 Å². The molecule has 0 radical (unpaired) electrons. The van der Waals surface area contributed by atoms with Crippen molar-refractivity contribution in [1.82, 2.24) is 0 Å². The van der Waals surface area contributed by atoms with Gasteiger partial charge in [0.25, 0.3) is 0 Å². The molecule has 0 bridgehead atoms. The van der Waals surface area contributed by atoms with Crippen LogP contribution in [0.15, 0.2) is 16.5 Å². The highest BCUT2D eigenvalue weighted by molar-refractivity contribution is 5.84. The fraction of sp³-hybridized carbons (Fsp3) is 0.762. The maximum absolute atomic E-state index is 10.7. The first-order chi connectivity index (χ1) is 12.1. The van der Waals surface area contributed by atoms with Gasteiger partial charge < -0.3 is 14.8 Å². The quantitative estimate of drug-likeness (QED) is 0.324. The Kier molecular flexibility index (Phi) is 11.9. The molecule has 4 heteroatoms. The summed E-state index contributed by atoms with van der Waals surface area (Å²) in [5, 5.41) is 11.9. The molecule has 1 rings (SSSR count). The average molecular weight is 352 g/mol. The van der Waals surface area contributed by atoms with Crippen molar-refractivity contribution in [2.45, 2.75) is 90.9 Å². The molecule has 0 aliphatic heterocycles. The lowest BCUT2D eigenvalue weighted by molar-refractivity contribution is 0.0663. The number of anilines is 1. The Morgan fingerprint density at radius 2 is 1.44 bits per heavy atom. The number of carboxylic acid groups (broad SMARTS) is 1. The van der Waals surface area contributed by atoms with E-state index in [0.717, 1.165) is 18.9 Å². The van der Waals surface area contributed by atoms with E-state index in [2.05, 4.69) is 19.2 Å². The fourth-order valence-corrected chi connectivity index (χ4v) is 3.03. The van der Waals surface area contributed by atoms with E-state index in [1.165, 1.54) is 76.7 Å². The molecule has 2 N–H and O–H groups in total. The number of nitrogens with one attached hydrogen (secondary N) is 1. The van der Waals surface area contributed by atoms with Crippen molar-refractivity contribution < 1.29 is 14.3 Å². The maximum Gasteiger partial charge on any atom is 0.371 e. The number of unbranched alkanes of at least 4 members (excludes halogenated alkanes) is 10. The molecule has 0 aliphatic carbocycles. The summed E-state index contributed by atoms with van der Waals surface area (Å²) in [5.41, 5.74) is 0. The number of hydrogen-bond donors (Lipinski definition) is 2. The van der Waals surface area contributed by atoms with E-state index in [4.69, 9.17) is 9.52 Å². The van der Waals surface area contributed by atoms with Crippen LogP contribution in [-0.4, -0.2) is 17.6 Å². The Bertz CT molecular complexity index is 454. The molecule has 0 saturated carbocycles. The van der Waals surface area contributed by atoms with Crippen molar-refractivity contribution in [3.63, 3.8) is 0 Å². The lowest BCUT2D eigenvalue weighted by Crippen LogP contribution is -2.00. The van der Waals surface area contributed by atoms with Crippen LogP contribution in [0.25, 0.3) is 0 Å². The molecule has 144 valence electrons. The number of rotatable bonds is 16. The predicted molar refractivity (Wildman–Crippen MR) is 104 cm³/mol. The summed E-state index contributed by atoms with van der Waals surface area (Å²) in [4.78, 5) is 10.7. The third-order valence-corrected chi connectivity index (χ3v) is 4.57. The molecule has 0 aromatic carbocycles. The Balaban J connectivity index is 1.80. The summed E-state index contributed by atoms with van der Waals surface area (Å²) in [5.74, 6) is 0.369. The van der Waals surface area contributed by atoms with Crippen LogP contribution in [0.5, 0.6) is 0 Å². The van der Waals surface area contributed by atoms with Gasteiger partial charge in [0.1, 0.15) is 0 Å². The highest BCUT2D eigenvalue weighted by atomic mass is 16.4. The fourth-order valence-electron chi connectivity index (χ4n) is 3.03. The first-order valence-corrected chi connectivity index (χ1v) is 10.2.